The molecule has 1 N–H and O–H groups in total. The van der Waals surface area contributed by atoms with E-state index in [0.29, 0.717) is 29.5 Å². The molecule has 3 aromatic rings. The van der Waals surface area contributed by atoms with Crippen LogP contribution in [0, 0.1) is 0 Å². The van der Waals surface area contributed by atoms with Crippen molar-refractivity contribution in [2.75, 3.05) is 32.8 Å². The van der Waals surface area contributed by atoms with Gasteiger partial charge in [0.2, 0.25) is 11.9 Å². The number of hydrogen-bond donors (Lipinski definition) is 1. The lowest BCUT2D eigenvalue weighted by molar-refractivity contribution is -0.120. The Morgan fingerprint density at radius 1 is 0.971 bits per heavy atom. The topological polar surface area (TPSA) is 89.5 Å². The number of rotatable bonds is 6. The zero-order valence-electron chi connectivity index (χ0n) is 19.7. The standard InChI is InChI=1S/C27H25N3O5/c1-33-20-14-18(15-21(34-2)24(20)35-3)26(31)29-25-27(32)30-13-12-17-10-7-11-19(23(17)30)22(28-25)16-8-5-4-6-9-16/h4-11,14-15,25H,12-13H2,1-3H3,(H,29,31). The molecule has 2 aliphatic rings. The van der Waals surface area contributed by atoms with Crippen LogP contribution in [0.3, 0.4) is 0 Å². The second kappa shape index (κ2) is 9.13. The lowest BCUT2D eigenvalue weighted by atomic mass is 9.98. The van der Waals surface area contributed by atoms with Gasteiger partial charge in [0.25, 0.3) is 11.8 Å². The van der Waals surface area contributed by atoms with Crippen molar-refractivity contribution in [3.8, 4) is 17.2 Å². The van der Waals surface area contributed by atoms with Gasteiger partial charge in [0.1, 0.15) is 0 Å². The van der Waals surface area contributed by atoms with Gasteiger partial charge in [0.15, 0.2) is 11.5 Å². The third-order valence-corrected chi connectivity index (χ3v) is 6.25. The first-order chi connectivity index (χ1) is 17.0. The van der Waals surface area contributed by atoms with E-state index in [2.05, 4.69) is 5.32 Å². The number of benzene rings is 3. The van der Waals surface area contributed by atoms with Crippen LogP contribution in [0.15, 0.2) is 65.7 Å². The molecule has 0 aromatic heterocycles. The molecular formula is C27H25N3O5. The molecule has 8 heteroatoms. The van der Waals surface area contributed by atoms with Crippen LogP contribution < -0.4 is 24.4 Å². The van der Waals surface area contributed by atoms with Gasteiger partial charge in [-0.3, -0.25) is 9.59 Å². The summed E-state index contributed by atoms with van der Waals surface area (Å²) in [5.74, 6) is 0.303. The Bertz CT molecular complexity index is 1310. The van der Waals surface area contributed by atoms with Gasteiger partial charge in [-0.2, -0.15) is 0 Å². The Balaban J connectivity index is 1.57. The Morgan fingerprint density at radius 2 is 1.69 bits per heavy atom. The highest BCUT2D eigenvalue weighted by atomic mass is 16.5. The highest BCUT2D eigenvalue weighted by Crippen LogP contribution is 2.39. The summed E-state index contributed by atoms with van der Waals surface area (Å²) in [6, 6.07) is 18.8. The van der Waals surface area contributed by atoms with E-state index < -0.39 is 12.1 Å². The largest absolute Gasteiger partial charge is 0.493 e. The summed E-state index contributed by atoms with van der Waals surface area (Å²) in [6.45, 7) is 0.541. The fraction of sp³-hybridized carbons (Fsp3) is 0.222. The molecule has 0 fully saturated rings. The quantitative estimate of drug-likeness (QED) is 0.596. The van der Waals surface area contributed by atoms with Crippen molar-refractivity contribution in [2.45, 2.75) is 12.6 Å². The molecule has 2 aliphatic heterocycles. The number of carbonyl (C=O) groups is 2. The number of hydrogen-bond acceptors (Lipinski definition) is 6. The maximum Gasteiger partial charge on any atom is 0.272 e. The Hall–Kier alpha value is -4.33. The van der Waals surface area contributed by atoms with Crippen LogP contribution >= 0.6 is 0 Å². The van der Waals surface area contributed by atoms with Crippen molar-refractivity contribution in [2.24, 2.45) is 4.99 Å². The van der Waals surface area contributed by atoms with E-state index in [4.69, 9.17) is 19.2 Å². The normalized spacial score (nSPS) is 16.2. The second-order valence-corrected chi connectivity index (χ2v) is 8.19. The van der Waals surface area contributed by atoms with Crippen molar-refractivity contribution in [3.63, 3.8) is 0 Å². The Morgan fingerprint density at radius 3 is 2.34 bits per heavy atom. The van der Waals surface area contributed by atoms with E-state index in [1.165, 1.54) is 21.3 Å². The third-order valence-electron chi connectivity index (χ3n) is 6.25. The summed E-state index contributed by atoms with van der Waals surface area (Å²) in [7, 11) is 4.45. The molecule has 0 saturated carbocycles. The number of ether oxygens (including phenoxy) is 3. The molecule has 1 unspecified atom stereocenters. The van der Waals surface area contributed by atoms with E-state index in [-0.39, 0.29) is 11.5 Å². The first-order valence-corrected chi connectivity index (χ1v) is 11.2. The monoisotopic (exact) mass is 471 g/mol. The second-order valence-electron chi connectivity index (χ2n) is 8.19. The summed E-state index contributed by atoms with van der Waals surface area (Å²) in [4.78, 5) is 33.4. The van der Waals surface area contributed by atoms with Crippen LogP contribution in [0.2, 0.25) is 0 Å². The van der Waals surface area contributed by atoms with Crippen LogP contribution in [0.5, 0.6) is 17.2 Å². The van der Waals surface area contributed by atoms with Gasteiger partial charge in [-0.05, 0) is 24.1 Å². The van der Waals surface area contributed by atoms with Crippen LogP contribution in [0.4, 0.5) is 5.69 Å². The van der Waals surface area contributed by atoms with Crippen LogP contribution in [-0.2, 0) is 11.2 Å². The number of para-hydroxylation sites is 1. The molecule has 0 radical (unpaired) electrons. The number of nitrogens with zero attached hydrogens (tertiary/aromatic N) is 2. The number of carbonyl (C=O) groups excluding carboxylic acids is 2. The van der Waals surface area contributed by atoms with Gasteiger partial charge in [-0.1, -0.05) is 48.5 Å². The van der Waals surface area contributed by atoms with Gasteiger partial charge in [0, 0.05) is 23.2 Å². The number of methoxy groups -OCH3 is 3. The predicted octanol–water partition coefficient (Wildman–Crippen LogP) is 3.21. The van der Waals surface area contributed by atoms with Crippen molar-refractivity contribution in [3.05, 3.63) is 82.9 Å². The van der Waals surface area contributed by atoms with E-state index in [0.717, 1.165) is 28.8 Å². The van der Waals surface area contributed by atoms with E-state index in [1.54, 1.807) is 17.0 Å². The smallest absolute Gasteiger partial charge is 0.272 e. The van der Waals surface area contributed by atoms with Crippen molar-refractivity contribution < 1.29 is 23.8 Å². The molecule has 1 atom stereocenters. The zero-order chi connectivity index (χ0) is 24.5. The maximum atomic E-state index is 13.6. The van der Waals surface area contributed by atoms with Crippen LogP contribution in [-0.4, -0.2) is 51.6 Å². The molecule has 0 saturated heterocycles. The number of nitrogens with one attached hydrogen (secondary N) is 1. The maximum absolute atomic E-state index is 13.6. The van der Waals surface area contributed by atoms with Crippen LogP contribution in [0.25, 0.3) is 0 Å². The van der Waals surface area contributed by atoms with Gasteiger partial charge in [-0.25, -0.2) is 4.99 Å². The highest BCUT2D eigenvalue weighted by Gasteiger charge is 2.37. The van der Waals surface area contributed by atoms with Crippen LogP contribution in [0.1, 0.15) is 27.0 Å². The molecule has 8 nitrogen and oxygen atoms in total. The van der Waals surface area contributed by atoms with E-state index in [9.17, 15) is 9.59 Å². The van der Waals surface area contributed by atoms with Crippen molar-refractivity contribution >= 4 is 23.2 Å². The molecule has 0 aliphatic carbocycles. The average Bonchev–Trinajstić information content (AvgIpc) is 3.30. The molecule has 35 heavy (non-hydrogen) atoms. The zero-order valence-corrected chi connectivity index (χ0v) is 19.7. The first-order valence-electron chi connectivity index (χ1n) is 11.2. The molecule has 2 amide bonds. The molecule has 5 rings (SSSR count). The minimum Gasteiger partial charge on any atom is -0.493 e. The average molecular weight is 472 g/mol. The SMILES string of the molecule is COc1cc(C(=O)NC2N=C(c3ccccc3)c3cccc4c3N(CC4)C2=O)cc(OC)c1OC. The summed E-state index contributed by atoms with van der Waals surface area (Å²) < 4.78 is 16.1. The first kappa shape index (κ1) is 22.5. The lowest BCUT2D eigenvalue weighted by Crippen LogP contribution is -2.47. The summed E-state index contributed by atoms with van der Waals surface area (Å²) >= 11 is 0. The van der Waals surface area contributed by atoms with Gasteiger partial charge in [0.05, 0.1) is 32.7 Å². The minimum absolute atomic E-state index is 0.257. The molecule has 178 valence electrons. The number of anilines is 1. The van der Waals surface area contributed by atoms with Gasteiger partial charge < -0.3 is 24.4 Å². The van der Waals surface area contributed by atoms with Crippen molar-refractivity contribution in [1.29, 1.82) is 0 Å². The lowest BCUT2D eigenvalue weighted by Gasteiger charge is -2.21. The van der Waals surface area contributed by atoms with E-state index in [1.807, 2.05) is 48.5 Å². The molecule has 2 heterocycles. The predicted molar refractivity (Wildman–Crippen MR) is 132 cm³/mol. The third kappa shape index (κ3) is 3.86. The minimum atomic E-state index is -1.10. The van der Waals surface area contributed by atoms with Crippen molar-refractivity contribution in [1.82, 2.24) is 5.32 Å². The molecular weight excluding hydrogens is 446 g/mol. The molecule has 3 aromatic carbocycles. The molecule has 0 bridgehead atoms. The summed E-state index contributed by atoms with van der Waals surface area (Å²) in [5, 5.41) is 2.82. The summed E-state index contributed by atoms with van der Waals surface area (Å²) in [5.41, 5.74) is 4.63. The summed E-state index contributed by atoms with van der Waals surface area (Å²) in [6.07, 6.45) is -0.347. The van der Waals surface area contributed by atoms with Gasteiger partial charge in [-0.15, -0.1) is 0 Å². The Kier molecular flexibility index (Phi) is 5.86. The number of aliphatic imine (C=N–C) groups is 1. The highest BCUT2D eigenvalue weighted by molar-refractivity contribution is 6.21. The molecule has 0 spiro atoms. The van der Waals surface area contributed by atoms with E-state index >= 15 is 0 Å². The Labute approximate surface area is 203 Å². The van der Waals surface area contributed by atoms with Gasteiger partial charge >= 0.3 is 0 Å². The number of amides is 2. The fourth-order valence-corrected chi connectivity index (χ4v) is 4.61. The fourth-order valence-electron chi connectivity index (χ4n) is 4.61.